The van der Waals surface area contributed by atoms with Crippen LogP contribution in [0.1, 0.15) is 11.1 Å². The van der Waals surface area contributed by atoms with Gasteiger partial charge in [0, 0.05) is 61.5 Å². The molecule has 0 bridgehead atoms. The maximum absolute atomic E-state index is 12.4. The molecular formula is C24H25Cl2N3O2. The highest BCUT2D eigenvalue weighted by molar-refractivity contribution is 6.32. The molecule has 0 atom stereocenters. The molecule has 0 aromatic heterocycles. The van der Waals surface area contributed by atoms with Gasteiger partial charge >= 0.3 is 0 Å². The molecule has 1 heterocycles. The van der Waals surface area contributed by atoms with Gasteiger partial charge in [0.25, 0.3) is 0 Å². The van der Waals surface area contributed by atoms with Crippen LogP contribution in [0, 0.1) is 0 Å². The smallest absolute Gasteiger partial charge is 0.246 e. The summed E-state index contributed by atoms with van der Waals surface area (Å²) in [6, 6.07) is 14.8. The Labute approximate surface area is 192 Å². The molecule has 31 heavy (non-hydrogen) atoms. The molecule has 1 N–H and O–H groups in total. The Morgan fingerprint density at radius 2 is 1.39 bits per heavy atom. The fourth-order valence-corrected chi connectivity index (χ4v) is 3.64. The number of halogens is 2. The second kappa shape index (κ2) is 11.7. The third-order valence-corrected chi connectivity index (χ3v) is 5.73. The molecule has 162 valence electrons. The van der Waals surface area contributed by atoms with Crippen molar-refractivity contribution < 1.29 is 9.59 Å². The van der Waals surface area contributed by atoms with Crippen molar-refractivity contribution in [2.24, 2.45) is 0 Å². The Kier molecular flexibility index (Phi) is 8.71. The monoisotopic (exact) mass is 457 g/mol. The summed E-state index contributed by atoms with van der Waals surface area (Å²) >= 11 is 12.2. The van der Waals surface area contributed by atoms with Crippen molar-refractivity contribution in [1.29, 1.82) is 0 Å². The van der Waals surface area contributed by atoms with E-state index in [4.69, 9.17) is 23.2 Å². The molecule has 1 saturated heterocycles. The van der Waals surface area contributed by atoms with E-state index in [1.807, 2.05) is 41.3 Å². The zero-order valence-electron chi connectivity index (χ0n) is 17.1. The van der Waals surface area contributed by atoms with Gasteiger partial charge in [0.1, 0.15) is 0 Å². The normalized spacial score (nSPS) is 15.0. The predicted octanol–water partition coefficient (Wildman–Crippen LogP) is 3.98. The van der Waals surface area contributed by atoms with Crippen LogP contribution < -0.4 is 5.32 Å². The van der Waals surface area contributed by atoms with Crippen molar-refractivity contribution in [3.63, 3.8) is 0 Å². The van der Waals surface area contributed by atoms with Gasteiger partial charge in [-0.3, -0.25) is 14.5 Å². The van der Waals surface area contributed by atoms with Crippen molar-refractivity contribution in [2.45, 2.75) is 0 Å². The van der Waals surface area contributed by atoms with E-state index >= 15 is 0 Å². The molecule has 2 aromatic carbocycles. The van der Waals surface area contributed by atoms with E-state index in [1.54, 1.807) is 30.4 Å². The van der Waals surface area contributed by atoms with Crippen LogP contribution >= 0.6 is 23.2 Å². The highest BCUT2D eigenvalue weighted by atomic mass is 35.5. The van der Waals surface area contributed by atoms with Crippen molar-refractivity contribution in [3.05, 3.63) is 81.9 Å². The first-order chi connectivity index (χ1) is 15.0. The van der Waals surface area contributed by atoms with E-state index in [0.717, 1.165) is 30.8 Å². The lowest BCUT2D eigenvalue weighted by atomic mass is 10.2. The zero-order chi connectivity index (χ0) is 22.1. The third kappa shape index (κ3) is 7.24. The lowest BCUT2D eigenvalue weighted by Crippen LogP contribution is -2.49. The number of amides is 2. The minimum absolute atomic E-state index is 0.0161. The first-order valence-corrected chi connectivity index (χ1v) is 10.9. The topological polar surface area (TPSA) is 52.7 Å². The molecule has 0 aliphatic carbocycles. The Morgan fingerprint density at radius 1 is 0.839 bits per heavy atom. The summed E-state index contributed by atoms with van der Waals surface area (Å²) < 4.78 is 0. The van der Waals surface area contributed by atoms with Crippen molar-refractivity contribution in [2.75, 3.05) is 39.3 Å². The summed E-state index contributed by atoms with van der Waals surface area (Å²) in [7, 11) is 0. The number of hydrogen-bond donors (Lipinski definition) is 1. The van der Waals surface area contributed by atoms with E-state index < -0.39 is 0 Å². The number of piperazine rings is 1. The van der Waals surface area contributed by atoms with Gasteiger partial charge in [-0.05, 0) is 35.4 Å². The van der Waals surface area contributed by atoms with Gasteiger partial charge in [0.15, 0.2) is 0 Å². The minimum atomic E-state index is -0.154. The lowest BCUT2D eigenvalue weighted by Gasteiger charge is -2.34. The van der Waals surface area contributed by atoms with E-state index in [9.17, 15) is 9.59 Å². The van der Waals surface area contributed by atoms with E-state index in [2.05, 4.69) is 10.2 Å². The van der Waals surface area contributed by atoms with Crippen LogP contribution in [0.2, 0.25) is 10.0 Å². The van der Waals surface area contributed by atoms with Gasteiger partial charge in [0.05, 0.1) is 0 Å². The van der Waals surface area contributed by atoms with Gasteiger partial charge in [-0.1, -0.05) is 59.6 Å². The summed E-state index contributed by atoms with van der Waals surface area (Å²) in [5.41, 5.74) is 1.64. The third-order valence-electron chi connectivity index (χ3n) is 5.04. The maximum Gasteiger partial charge on any atom is 0.246 e. The highest BCUT2D eigenvalue weighted by Crippen LogP contribution is 2.17. The molecule has 5 nitrogen and oxygen atoms in total. The number of nitrogens with one attached hydrogen (secondary N) is 1. The van der Waals surface area contributed by atoms with E-state index in [-0.39, 0.29) is 11.8 Å². The highest BCUT2D eigenvalue weighted by Gasteiger charge is 2.19. The van der Waals surface area contributed by atoms with Gasteiger partial charge in [0.2, 0.25) is 11.8 Å². The number of rotatable bonds is 7. The predicted molar refractivity (Wildman–Crippen MR) is 127 cm³/mol. The van der Waals surface area contributed by atoms with Gasteiger partial charge in [-0.15, -0.1) is 0 Å². The second-order valence-corrected chi connectivity index (χ2v) is 7.98. The number of hydrogen-bond acceptors (Lipinski definition) is 3. The number of benzene rings is 2. The molecule has 0 spiro atoms. The SMILES string of the molecule is O=C(C=Cc1ccccc1Cl)NCCN1CCN(C(=O)C=Cc2ccccc2Cl)CC1. The van der Waals surface area contributed by atoms with Crippen LogP contribution in [0.15, 0.2) is 60.7 Å². The maximum atomic E-state index is 12.4. The van der Waals surface area contributed by atoms with Gasteiger partial charge in [-0.2, -0.15) is 0 Å². The van der Waals surface area contributed by atoms with Crippen LogP contribution in [0.25, 0.3) is 12.2 Å². The Bertz CT molecular complexity index is 964. The quantitative estimate of drug-likeness (QED) is 0.639. The van der Waals surface area contributed by atoms with Crippen LogP contribution in [0.5, 0.6) is 0 Å². The molecule has 1 aliphatic heterocycles. The summed E-state index contributed by atoms with van der Waals surface area (Å²) in [6.45, 7) is 4.15. The summed E-state index contributed by atoms with van der Waals surface area (Å²) in [5.74, 6) is -0.170. The molecule has 2 amide bonds. The molecular weight excluding hydrogens is 433 g/mol. The summed E-state index contributed by atoms with van der Waals surface area (Å²) in [4.78, 5) is 28.5. The molecule has 0 unspecified atom stereocenters. The standard InChI is InChI=1S/C24H25Cl2N3O2/c25-21-7-3-1-5-19(21)9-11-23(30)27-13-14-28-15-17-29(18-16-28)24(31)12-10-20-6-2-4-8-22(20)26/h1-12H,13-18H2,(H,27,30). The molecule has 3 rings (SSSR count). The average Bonchev–Trinajstić information content (AvgIpc) is 2.78. The molecule has 1 fully saturated rings. The molecule has 7 heteroatoms. The van der Waals surface area contributed by atoms with Crippen LogP contribution in [0.3, 0.4) is 0 Å². The number of carbonyl (C=O) groups excluding carboxylic acids is 2. The zero-order valence-corrected chi connectivity index (χ0v) is 18.6. The first kappa shape index (κ1) is 23.1. The van der Waals surface area contributed by atoms with Crippen molar-refractivity contribution >= 4 is 47.2 Å². The fourth-order valence-electron chi connectivity index (χ4n) is 3.24. The van der Waals surface area contributed by atoms with Crippen LogP contribution in [0.4, 0.5) is 0 Å². The Balaban J connectivity index is 1.36. The average molecular weight is 458 g/mol. The Morgan fingerprint density at radius 3 is 1.97 bits per heavy atom. The van der Waals surface area contributed by atoms with E-state index in [1.165, 1.54) is 6.08 Å². The minimum Gasteiger partial charge on any atom is -0.351 e. The van der Waals surface area contributed by atoms with Crippen LogP contribution in [-0.4, -0.2) is 60.9 Å². The molecule has 2 aromatic rings. The van der Waals surface area contributed by atoms with Crippen molar-refractivity contribution in [1.82, 2.24) is 15.1 Å². The molecule has 0 radical (unpaired) electrons. The van der Waals surface area contributed by atoms with Gasteiger partial charge in [-0.25, -0.2) is 0 Å². The number of nitrogens with zero attached hydrogens (tertiary/aromatic N) is 2. The largest absolute Gasteiger partial charge is 0.351 e. The lowest BCUT2D eigenvalue weighted by molar-refractivity contribution is -0.127. The second-order valence-electron chi connectivity index (χ2n) is 7.17. The van der Waals surface area contributed by atoms with Crippen LogP contribution in [-0.2, 0) is 9.59 Å². The fraction of sp³-hybridized carbons (Fsp3) is 0.250. The molecule has 1 aliphatic rings. The first-order valence-electron chi connectivity index (χ1n) is 10.2. The van der Waals surface area contributed by atoms with Gasteiger partial charge < -0.3 is 10.2 Å². The number of carbonyl (C=O) groups is 2. The van der Waals surface area contributed by atoms with Crippen molar-refractivity contribution in [3.8, 4) is 0 Å². The molecule has 0 saturated carbocycles. The summed E-state index contributed by atoms with van der Waals surface area (Å²) in [5, 5.41) is 4.12. The van der Waals surface area contributed by atoms with E-state index in [0.29, 0.717) is 29.7 Å². The Hall–Kier alpha value is -2.60. The summed E-state index contributed by atoms with van der Waals surface area (Å²) in [6.07, 6.45) is 6.52.